The molecule has 21 heavy (non-hydrogen) atoms. The highest BCUT2D eigenvalue weighted by Gasteiger charge is 2.48. The van der Waals surface area contributed by atoms with Crippen molar-refractivity contribution in [2.45, 2.75) is 25.8 Å². The lowest BCUT2D eigenvalue weighted by Gasteiger charge is -2.22. The molecule has 6 nitrogen and oxygen atoms in total. The van der Waals surface area contributed by atoms with Crippen molar-refractivity contribution in [1.29, 1.82) is 0 Å². The lowest BCUT2D eigenvalue weighted by Crippen LogP contribution is -2.41. The smallest absolute Gasteiger partial charge is 0.330 e. The van der Waals surface area contributed by atoms with Crippen LogP contribution >= 0.6 is 0 Å². The van der Waals surface area contributed by atoms with E-state index in [-0.39, 0.29) is 29.6 Å². The van der Waals surface area contributed by atoms with Crippen molar-refractivity contribution in [2.75, 3.05) is 7.05 Å². The summed E-state index contributed by atoms with van der Waals surface area (Å²) in [5.74, 6) is 1.77. The first-order valence-electron chi connectivity index (χ1n) is 7.39. The van der Waals surface area contributed by atoms with Crippen molar-refractivity contribution < 1.29 is 4.79 Å². The van der Waals surface area contributed by atoms with E-state index in [0.29, 0.717) is 5.56 Å². The molecule has 2 unspecified atom stereocenters. The third-order valence-electron chi connectivity index (χ3n) is 4.89. The van der Waals surface area contributed by atoms with Crippen molar-refractivity contribution in [3.05, 3.63) is 32.6 Å². The van der Waals surface area contributed by atoms with Crippen LogP contribution in [0.1, 0.15) is 24.8 Å². The van der Waals surface area contributed by atoms with Crippen LogP contribution in [0.25, 0.3) is 0 Å². The molecule has 1 amide bonds. The van der Waals surface area contributed by atoms with Crippen LogP contribution in [0, 0.1) is 17.8 Å². The minimum absolute atomic E-state index is 0.120. The number of nitrogens with zero attached hydrogens (tertiary/aromatic N) is 3. The average Bonchev–Trinajstić information content (AvgIpc) is 3.07. The number of rotatable bonds is 3. The molecule has 1 aromatic rings. The zero-order valence-corrected chi connectivity index (χ0v) is 12.7. The molecule has 0 bridgehead atoms. The summed E-state index contributed by atoms with van der Waals surface area (Å²) in [5.41, 5.74) is -0.209. The fourth-order valence-electron chi connectivity index (χ4n) is 3.55. The second-order valence-corrected chi connectivity index (χ2v) is 6.53. The SMILES string of the molecule is CN(Cc1cn(C)c(=O)n(C)c1=O)C(=O)C1CC2CC2C1. The second-order valence-electron chi connectivity index (χ2n) is 6.53. The number of amides is 1. The molecular formula is C15H21N3O3. The van der Waals surface area contributed by atoms with Gasteiger partial charge in [-0.05, 0) is 31.1 Å². The molecule has 2 fully saturated rings. The molecule has 1 heterocycles. The van der Waals surface area contributed by atoms with E-state index in [4.69, 9.17) is 0 Å². The van der Waals surface area contributed by atoms with Crippen LogP contribution in [0.3, 0.4) is 0 Å². The summed E-state index contributed by atoms with van der Waals surface area (Å²) in [7, 11) is 4.80. The van der Waals surface area contributed by atoms with E-state index in [1.807, 2.05) is 0 Å². The van der Waals surface area contributed by atoms with Crippen molar-refractivity contribution in [1.82, 2.24) is 14.0 Å². The summed E-state index contributed by atoms with van der Waals surface area (Å²) in [6.45, 7) is 0.255. The van der Waals surface area contributed by atoms with Crippen LogP contribution in [-0.4, -0.2) is 27.0 Å². The Balaban J connectivity index is 1.75. The Morgan fingerprint density at radius 1 is 1.24 bits per heavy atom. The Bertz CT molecular complexity index is 693. The Morgan fingerprint density at radius 2 is 1.86 bits per heavy atom. The zero-order chi connectivity index (χ0) is 15.3. The van der Waals surface area contributed by atoms with E-state index in [2.05, 4.69) is 0 Å². The molecule has 0 radical (unpaired) electrons. The molecule has 3 rings (SSSR count). The molecule has 0 spiro atoms. The molecule has 6 heteroatoms. The largest absolute Gasteiger partial charge is 0.341 e. The van der Waals surface area contributed by atoms with Crippen LogP contribution in [0.2, 0.25) is 0 Å². The number of carbonyl (C=O) groups excluding carboxylic acids is 1. The lowest BCUT2D eigenvalue weighted by molar-refractivity contribution is -0.134. The monoisotopic (exact) mass is 291 g/mol. The van der Waals surface area contributed by atoms with Gasteiger partial charge in [0.2, 0.25) is 5.91 Å². The normalized spacial score (nSPS) is 26.5. The van der Waals surface area contributed by atoms with Gasteiger partial charge in [-0.2, -0.15) is 0 Å². The van der Waals surface area contributed by atoms with Gasteiger partial charge >= 0.3 is 5.69 Å². The number of carbonyl (C=O) groups is 1. The molecule has 1 aromatic heterocycles. The van der Waals surface area contributed by atoms with E-state index in [9.17, 15) is 14.4 Å². The zero-order valence-electron chi connectivity index (χ0n) is 12.7. The van der Waals surface area contributed by atoms with Gasteiger partial charge in [-0.1, -0.05) is 0 Å². The fraction of sp³-hybridized carbons (Fsp3) is 0.667. The van der Waals surface area contributed by atoms with Gasteiger partial charge in [0, 0.05) is 33.3 Å². The third kappa shape index (κ3) is 2.43. The first-order valence-corrected chi connectivity index (χ1v) is 7.39. The van der Waals surface area contributed by atoms with Gasteiger partial charge in [0.1, 0.15) is 0 Å². The minimum Gasteiger partial charge on any atom is -0.341 e. The van der Waals surface area contributed by atoms with Gasteiger partial charge in [0.05, 0.1) is 12.1 Å². The van der Waals surface area contributed by atoms with E-state index < -0.39 is 0 Å². The summed E-state index contributed by atoms with van der Waals surface area (Å²) in [5, 5.41) is 0. The predicted octanol–water partition coefficient (Wildman–Crippen LogP) is 0.0885. The molecule has 0 aromatic carbocycles. The topological polar surface area (TPSA) is 64.3 Å². The second kappa shape index (κ2) is 4.86. The van der Waals surface area contributed by atoms with Crippen LogP contribution in [0.15, 0.2) is 15.8 Å². The van der Waals surface area contributed by atoms with E-state index in [0.717, 1.165) is 29.2 Å². The summed E-state index contributed by atoms with van der Waals surface area (Å²) in [6.07, 6.45) is 4.81. The number of aromatic nitrogens is 2. The number of hydrogen-bond donors (Lipinski definition) is 0. The molecule has 2 aliphatic rings. The molecule has 0 saturated heterocycles. The predicted molar refractivity (Wildman–Crippen MR) is 77.7 cm³/mol. The molecule has 0 N–H and O–H groups in total. The van der Waals surface area contributed by atoms with Crippen LogP contribution in [-0.2, 0) is 25.4 Å². The quantitative estimate of drug-likeness (QED) is 0.793. The molecule has 0 aliphatic heterocycles. The summed E-state index contributed by atoms with van der Waals surface area (Å²) in [6, 6.07) is 0. The van der Waals surface area contributed by atoms with Crippen molar-refractivity contribution >= 4 is 5.91 Å². The van der Waals surface area contributed by atoms with Gasteiger partial charge in [-0.25, -0.2) is 4.79 Å². The summed E-state index contributed by atoms with van der Waals surface area (Å²) < 4.78 is 2.46. The maximum Gasteiger partial charge on any atom is 0.330 e. The highest BCUT2D eigenvalue weighted by atomic mass is 16.2. The third-order valence-corrected chi connectivity index (χ3v) is 4.89. The lowest BCUT2D eigenvalue weighted by atomic mass is 10.0. The summed E-state index contributed by atoms with van der Waals surface area (Å²) >= 11 is 0. The van der Waals surface area contributed by atoms with Crippen LogP contribution < -0.4 is 11.2 Å². The van der Waals surface area contributed by atoms with Gasteiger partial charge in [0.25, 0.3) is 5.56 Å². The molecule has 2 aliphatic carbocycles. The Hall–Kier alpha value is -1.85. The maximum atomic E-state index is 12.4. The van der Waals surface area contributed by atoms with Gasteiger partial charge in [-0.15, -0.1) is 0 Å². The highest BCUT2D eigenvalue weighted by molar-refractivity contribution is 5.79. The summed E-state index contributed by atoms with van der Waals surface area (Å²) in [4.78, 5) is 37.8. The van der Waals surface area contributed by atoms with Gasteiger partial charge in [0.15, 0.2) is 0 Å². The van der Waals surface area contributed by atoms with E-state index in [1.165, 1.54) is 24.2 Å². The first kappa shape index (κ1) is 14.1. The van der Waals surface area contributed by atoms with Crippen LogP contribution in [0.5, 0.6) is 0 Å². The number of fused-ring (bicyclic) bond motifs is 1. The Kier molecular flexibility index (Phi) is 3.26. The molecule has 114 valence electrons. The Morgan fingerprint density at radius 3 is 2.48 bits per heavy atom. The molecular weight excluding hydrogens is 270 g/mol. The average molecular weight is 291 g/mol. The number of aryl methyl sites for hydroxylation is 1. The van der Waals surface area contributed by atoms with Crippen molar-refractivity contribution in [3.8, 4) is 0 Å². The van der Waals surface area contributed by atoms with E-state index in [1.54, 1.807) is 19.0 Å². The van der Waals surface area contributed by atoms with Crippen LogP contribution in [0.4, 0.5) is 0 Å². The number of hydrogen-bond acceptors (Lipinski definition) is 3. The standard InChI is InChI=1S/C15H21N3O3/c1-16(13(19)11-5-9-4-10(9)6-11)7-12-8-17(2)15(21)18(3)14(12)20/h8-11H,4-7H2,1-3H3. The molecule has 2 atom stereocenters. The maximum absolute atomic E-state index is 12.4. The van der Waals surface area contributed by atoms with Crippen molar-refractivity contribution in [3.63, 3.8) is 0 Å². The van der Waals surface area contributed by atoms with Gasteiger partial charge in [-0.3, -0.25) is 14.2 Å². The highest BCUT2D eigenvalue weighted by Crippen LogP contribution is 2.54. The fourth-order valence-corrected chi connectivity index (χ4v) is 3.55. The molecule has 2 saturated carbocycles. The Labute approximate surface area is 123 Å². The van der Waals surface area contributed by atoms with E-state index >= 15 is 0 Å². The van der Waals surface area contributed by atoms with Crippen molar-refractivity contribution in [2.24, 2.45) is 31.8 Å². The van der Waals surface area contributed by atoms with Gasteiger partial charge < -0.3 is 9.47 Å². The first-order chi connectivity index (χ1) is 9.88. The minimum atomic E-state index is -0.353.